The molecular weight excluding hydrogens is 465 g/mol. The molecule has 12 heteroatoms. The van der Waals surface area contributed by atoms with Gasteiger partial charge in [0.1, 0.15) is 11.5 Å². The number of fused-ring (bicyclic) bond motifs is 1. The number of carbonyl (C=O) groups is 1. The minimum Gasteiger partial charge on any atom is -0.379 e. The van der Waals surface area contributed by atoms with E-state index in [1.807, 2.05) is 12.1 Å². The van der Waals surface area contributed by atoms with Crippen LogP contribution in [-0.4, -0.2) is 32.1 Å². The van der Waals surface area contributed by atoms with Crippen LogP contribution in [-0.2, 0) is 23.9 Å². The quantitative estimate of drug-likeness (QED) is 0.356. The third-order valence-electron chi connectivity index (χ3n) is 5.73. The fraction of sp³-hybridized carbons (Fsp3) is 0.348. The van der Waals surface area contributed by atoms with E-state index in [2.05, 4.69) is 25.4 Å². The second kappa shape index (κ2) is 10.1. The van der Waals surface area contributed by atoms with Gasteiger partial charge in [-0.25, -0.2) is 0 Å². The molecule has 0 atom stereocenters. The van der Waals surface area contributed by atoms with Crippen molar-refractivity contribution in [2.24, 2.45) is 0 Å². The average molecular weight is 488 g/mol. The molecule has 35 heavy (non-hydrogen) atoms. The Labute approximate surface area is 198 Å². The lowest BCUT2D eigenvalue weighted by molar-refractivity contribution is -0.384. The molecule has 0 fully saturated rings. The van der Waals surface area contributed by atoms with Crippen LogP contribution in [0.25, 0.3) is 11.4 Å². The number of aryl methyl sites for hydroxylation is 1. The molecule has 0 radical (unpaired) electrons. The number of hydrogen-bond acceptors (Lipinski definition) is 6. The summed E-state index contributed by atoms with van der Waals surface area (Å²) in [7, 11) is 0. The van der Waals surface area contributed by atoms with Gasteiger partial charge in [0.05, 0.1) is 10.5 Å². The van der Waals surface area contributed by atoms with Crippen LogP contribution in [0, 0.1) is 10.1 Å². The Bertz CT molecular complexity index is 1220. The summed E-state index contributed by atoms with van der Waals surface area (Å²) in [6, 6.07) is 9.41. The summed E-state index contributed by atoms with van der Waals surface area (Å²) in [6.45, 7) is 0.877. The molecule has 1 aliphatic heterocycles. The topological polar surface area (TPSA) is 115 Å². The molecule has 2 heterocycles. The molecule has 0 aliphatic carbocycles. The van der Waals surface area contributed by atoms with Crippen LogP contribution in [0.2, 0.25) is 0 Å². The van der Waals surface area contributed by atoms with E-state index < -0.39 is 22.4 Å². The first-order valence-electron chi connectivity index (χ1n) is 11.1. The van der Waals surface area contributed by atoms with Crippen LogP contribution < -0.4 is 10.6 Å². The number of carbonyl (C=O) groups excluding carboxylic acids is 1. The molecule has 3 aromatic rings. The Morgan fingerprint density at radius 1 is 1.09 bits per heavy atom. The fourth-order valence-corrected chi connectivity index (χ4v) is 3.94. The Kier molecular flexibility index (Phi) is 6.99. The van der Waals surface area contributed by atoms with Crippen molar-refractivity contribution in [3.63, 3.8) is 0 Å². The van der Waals surface area contributed by atoms with Gasteiger partial charge in [0, 0.05) is 43.2 Å². The molecule has 4 rings (SSSR count). The zero-order valence-corrected chi connectivity index (χ0v) is 18.6. The zero-order chi connectivity index (χ0) is 25.0. The third kappa shape index (κ3) is 5.76. The van der Waals surface area contributed by atoms with Crippen LogP contribution in [0.3, 0.4) is 0 Å². The first-order chi connectivity index (χ1) is 16.7. The van der Waals surface area contributed by atoms with Gasteiger partial charge in [-0.2, -0.15) is 13.2 Å². The molecule has 0 saturated carbocycles. The smallest absolute Gasteiger partial charge is 0.379 e. The predicted octanol–water partition coefficient (Wildman–Crippen LogP) is 5.04. The number of benzene rings is 2. The molecular formula is C23H23F3N6O3. The van der Waals surface area contributed by atoms with Gasteiger partial charge in [0.2, 0.25) is 5.91 Å². The Morgan fingerprint density at radius 3 is 2.57 bits per heavy atom. The van der Waals surface area contributed by atoms with Crippen molar-refractivity contribution in [3.8, 4) is 11.4 Å². The second-order valence-corrected chi connectivity index (χ2v) is 8.19. The van der Waals surface area contributed by atoms with E-state index in [4.69, 9.17) is 0 Å². The van der Waals surface area contributed by atoms with E-state index in [-0.39, 0.29) is 24.6 Å². The number of amides is 1. The molecule has 2 N–H and O–H groups in total. The lowest BCUT2D eigenvalue weighted by atomic mass is 10.1. The van der Waals surface area contributed by atoms with Gasteiger partial charge in [0.25, 0.3) is 5.69 Å². The van der Waals surface area contributed by atoms with Gasteiger partial charge in [-0.1, -0.05) is 6.42 Å². The highest BCUT2D eigenvalue weighted by atomic mass is 19.4. The maximum absolute atomic E-state index is 12.8. The van der Waals surface area contributed by atoms with Crippen LogP contribution >= 0.6 is 0 Å². The van der Waals surface area contributed by atoms with Crippen LogP contribution in [0.15, 0.2) is 42.5 Å². The number of nitro benzene ring substituents is 1. The number of nitrogens with zero attached hydrogens (tertiary/aromatic N) is 4. The highest BCUT2D eigenvalue weighted by Gasteiger charge is 2.33. The van der Waals surface area contributed by atoms with Gasteiger partial charge in [-0.15, -0.1) is 10.2 Å². The summed E-state index contributed by atoms with van der Waals surface area (Å²) in [5.74, 6) is 1.42. The molecule has 1 aliphatic rings. The van der Waals surface area contributed by atoms with Crippen molar-refractivity contribution in [1.29, 1.82) is 0 Å². The van der Waals surface area contributed by atoms with Crippen molar-refractivity contribution >= 4 is 23.0 Å². The van der Waals surface area contributed by atoms with E-state index in [1.54, 1.807) is 12.1 Å². The van der Waals surface area contributed by atoms with Gasteiger partial charge in [0.15, 0.2) is 5.82 Å². The number of halogens is 3. The summed E-state index contributed by atoms with van der Waals surface area (Å²) in [4.78, 5) is 22.6. The molecule has 9 nitrogen and oxygen atoms in total. The number of alkyl halides is 3. The highest BCUT2D eigenvalue weighted by molar-refractivity contribution is 5.91. The van der Waals surface area contributed by atoms with E-state index in [1.165, 1.54) is 0 Å². The number of hydrogen-bond donors (Lipinski definition) is 2. The van der Waals surface area contributed by atoms with Crippen molar-refractivity contribution in [2.75, 3.05) is 17.2 Å². The highest BCUT2D eigenvalue weighted by Crippen LogP contribution is 2.35. The zero-order valence-electron chi connectivity index (χ0n) is 18.6. The summed E-state index contributed by atoms with van der Waals surface area (Å²) in [6.07, 6.45) is -0.483. The predicted molar refractivity (Wildman–Crippen MR) is 123 cm³/mol. The summed E-state index contributed by atoms with van der Waals surface area (Å²) in [5, 5.41) is 25.2. The van der Waals surface area contributed by atoms with Crippen LogP contribution in [0.1, 0.15) is 37.1 Å². The van der Waals surface area contributed by atoms with Gasteiger partial charge in [-0.3, -0.25) is 14.9 Å². The maximum atomic E-state index is 12.8. The minimum absolute atomic E-state index is 0.00199. The average Bonchev–Trinajstić information content (AvgIpc) is 3.06. The summed E-state index contributed by atoms with van der Waals surface area (Å²) in [5.41, 5.74) is -0.456. The van der Waals surface area contributed by atoms with E-state index in [9.17, 15) is 28.1 Å². The Balaban J connectivity index is 1.34. The van der Waals surface area contributed by atoms with Crippen molar-refractivity contribution in [1.82, 2.24) is 14.8 Å². The standard InChI is InChI=1S/C23H23F3N6O3/c24-23(25,26)16-7-10-18(19(14-16)32(34)35)27-12-11-21(33)28-17-8-5-15(6-9-17)22-30-29-20-4-2-1-3-13-31(20)22/h5-10,14,27H,1-4,11-13H2,(H,28,33). The molecule has 2 aromatic carbocycles. The number of anilines is 2. The molecule has 1 aromatic heterocycles. The fourth-order valence-electron chi connectivity index (χ4n) is 3.94. The Morgan fingerprint density at radius 2 is 1.86 bits per heavy atom. The van der Waals surface area contributed by atoms with Crippen molar-refractivity contribution < 1.29 is 22.9 Å². The third-order valence-corrected chi connectivity index (χ3v) is 5.73. The van der Waals surface area contributed by atoms with Crippen LogP contribution in [0.5, 0.6) is 0 Å². The maximum Gasteiger partial charge on any atom is 0.416 e. The number of nitro groups is 1. The second-order valence-electron chi connectivity index (χ2n) is 8.19. The van der Waals surface area contributed by atoms with Gasteiger partial charge >= 0.3 is 6.18 Å². The monoisotopic (exact) mass is 488 g/mol. The largest absolute Gasteiger partial charge is 0.416 e. The molecule has 1 amide bonds. The minimum atomic E-state index is -4.69. The SMILES string of the molecule is O=C(CCNc1ccc(C(F)(F)F)cc1[N+](=O)[O-])Nc1ccc(-c2nnc3n2CCCCC3)cc1. The van der Waals surface area contributed by atoms with Crippen LogP contribution in [0.4, 0.5) is 30.2 Å². The molecule has 0 bridgehead atoms. The van der Waals surface area contributed by atoms with Crippen molar-refractivity contribution in [2.45, 2.75) is 44.8 Å². The van der Waals surface area contributed by atoms with E-state index >= 15 is 0 Å². The van der Waals surface area contributed by atoms with E-state index in [0.717, 1.165) is 61.6 Å². The molecule has 184 valence electrons. The van der Waals surface area contributed by atoms with E-state index in [0.29, 0.717) is 11.8 Å². The summed E-state index contributed by atoms with van der Waals surface area (Å²) >= 11 is 0. The molecule has 0 spiro atoms. The summed E-state index contributed by atoms with van der Waals surface area (Å²) < 4.78 is 40.6. The Hall–Kier alpha value is -3.96. The normalized spacial score (nSPS) is 13.6. The lowest BCUT2D eigenvalue weighted by Gasteiger charge is -2.11. The first kappa shape index (κ1) is 24.2. The molecule has 0 unspecified atom stereocenters. The van der Waals surface area contributed by atoms with Gasteiger partial charge in [-0.05, 0) is 49.2 Å². The first-order valence-corrected chi connectivity index (χ1v) is 11.1. The lowest BCUT2D eigenvalue weighted by Crippen LogP contribution is -2.16. The number of nitrogens with one attached hydrogen (secondary N) is 2. The molecule has 0 saturated heterocycles. The van der Waals surface area contributed by atoms with Gasteiger partial charge < -0.3 is 15.2 Å². The number of aromatic nitrogens is 3. The number of rotatable bonds is 7. The van der Waals surface area contributed by atoms with Crippen molar-refractivity contribution in [3.05, 3.63) is 64.0 Å².